The summed E-state index contributed by atoms with van der Waals surface area (Å²) >= 11 is 0. The minimum absolute atomic E-state index is 0.0659. The van der Waals surface area contributed by atoms with Gasteiger partial charge in [0.2, 0.25) is 17.6 Å². The van der Waals surface area contributed by atoms with Crippen LogP contribution in [0.5, 0.6) is 0 Å². The van der Waals surface area contributed by atoms with E-state index in [0.717, 1.165) is 24.2 Å². The molecule has 1 aliphatic rings. The number of hydrogen-bond donors (Lipinski definition) is 0. The summed E-state index contributed by atoms with van der Waals surface area (Å²) < 4.78 is 18.5. The molecule has 0 aliphatic carbocycles. The Balaban J connectivity index is 1.28. The highest BCUT2D eigenvalue weighted by atomic mass is 19.1. The zero-order valence-corrected chi connectivity index (χ0v) is 17.9. The number of hydrogen-bond acceptors (Lipinski definition) is 5. The van der Waals surface area contributed by atoms with Crippen molar-refractivity contribution in [2.45, 2.75) is 32.7 Å². The topological polar surface area (TPSA) is 62.5 Å². The summed E-state index contributed by atoms with van der Waals surface area (Å²) in [5, 5.41) is 4.12. The fourth-order valence-electron chi connectivity index (χ4n) is 3.69. The lowest BCUT2D eigenvalue weighted by atomic mass is 10.0. The lowest BCUT2D eigenvalue weighted by Gasteiger charge is -2.34. The van der Waals surface area contributed by atoms with Crippen molar-refractivity contribution in [2.75, 3.05) is 26.2 Å². The van der Waals surface area contributed by atoms with Gasteiger partial charge in [-0.15, -0.1) is 0 Å². The van der Waals surface area contributed by atoms with Crippen LogP contribution >= 0.6 is 0 Å². The van der Waals surface area contributed by atoms with Crippen molar-refractivity contribution < 1.29 is 13.7 Å². The van der Waals surface area contributed by atoms with Gasteiger partial charge in [-0.2, -0.15) is 4.98 Å². The predicted octanol–water partition coefficient (Wildman–Crippen LogP) is 3.89. The molecule has 0 spiro atoms. The van der Waals surface area contributed by atoms with E-state index in [2.05, 4.69) is 41.0 Å². The monoisotopic (exact) mass is 422 g/mol. The Morgan fingerprint density at radius 1 is 1.03 bits per heavy atom. The normalized spacial score (nSPS) is 14.9. The van der Waals surface area contributed by atoms with E-state index in [0.29, 0.717) is 43.7 Å². The van der Waals surface area contributed by atoms with Crippen LogP contribution in [0.3, 0.4) is 0 Å². The smallest absolute Gasteiger partial charge is 0.241 e. The molecule has 6 nitrogen and oxygen atoms in total. The molecule has 1 aromatic heterocycles. The van der Waals surface area contributed by atoms with Gasteiger partial charge >= 0.3 is 0 Å². The molecule has 1 amide bonds. The van der Waals surface area contributed by atoms with E-state index in [9.17, 15) is 9.18 Å². The van der Waals surface area contributed by atoms with Gasteiger partial charge in [0.05, 0.1) is 13.0 Å². The molecule has 2 aromatic carbocycles. The average molecular weight is 423 g/mol. The highest BCUT2D eigenvalue weighted by Gasteiger charge is 2.23. The first-order chi connectivity index (χ1) is 15.0. The largest absolute Gasteiger partial charge is 0.340 e. The lowest BCUT2D eigenvalue weighted by molar-refractivity contribution is -0.132. The molecule has 1 aliphatic heterocycles. The zero-order valence-electron chi connectivity index (χ0n) is 17.9. The van der Waals surface area contributed by atoms with Gasteiger partial charge in [0.15, 0.2) is 0 Å². The summed E-state index contributed by atoms with van der Waals surface area (Å²) in [6.07, 6.45) is 0.295. The van der Waals surface area contributed by atoms with Crippen molar-refractivity contribution in [1.82, 2.24) is 19.9 Å². The summed E-state index contributed by atoms with van der Waals surface area (Å²) in [5.74, 6) is 1.43. The Morgan fingerprint density at radius 2 is 1.71 bits per heavy atom. The lowest BCUT2D eigenvalue weighted by Crippen LogP contribution is -2.48. The van der Waals surface area contributed by atoms with Crippen LogP contribution in [-0.2, 0) is 17.8 Å². The van der Waals surface area contributed by atoms with E-state index in [1.165, 1.54) is 17.7 Å². The molecule has 4 rings (SSSR count). The third kappa shape index (κ3) is 5.35. The van der Waals surface area contributed by atoms with E-state index >= 15 is 0 Å². The number of rotatable bonds is 6. The molecule has 7 heteroatoms. The van der Waals surface area contributed by atoms with Gasteiger partial charge < -0.3 is 9.42 Å². The molecule has 3 aromatic rings. The molecule has 0 unspecified atom stereocenters. The van der Waals surface area contributed by atoms with Crippen LogP contribution in [-0.4, -0.2) is 52.0 Å². The molecule has 0 atom stereocenters. The van der Waals surface area contributed by atoms with Crippen molar-refractivity contribution >= 4 is 5.91 Å². The summed E-state index contributed by atoms with van der Waals surface area (Å²) in [6, 6.07) is 14.3. The third-order valence-corrected chi connectivity index (χ3v) is 5.66. The zero-order chi connectivity index (χ0) is 21.8. The van der Waals surface area contributed by atoms with E-state index < -0.39 is 0 Å². The van der Waals surface area contributed by atoms with Gasteiger partial charge in [-0.05, 0) is 29.2 Å². The number of nitrogens with zero attached hydrogens (tertiary/aromatic N) is 4. The molecule has 0 radical (unpaired) electrons. The maximum atomic E-state index is 13.0. The molecule has 31 heavy (non-hydrogen) atoms. The second-order valence-electron chi connectivity index (χ2n) is 8.25. The van der Waals surface area contributed by atoms with Gasteiger partial charge in [0.1, 0.15) is 5.82 Å². The average Bonchev–Trinajstić information content (AvgIpc) is 3.24. The Labute approximate surface area is 181 Å². The Morgan fingerprint density at radius 3 is 2.35 bits per heavy atom. The van der Waals surface area contributed by atoms with Gasteiger partial charge in [-0.1, -0.05) is 55.4 Å². The van der Waals surface area contributed by atoms with Crippen molar-refractivity contribution in [2.24, 2.45) is 0 Å². The first kappa shape index (κ1) is 21.2. The number of carbonyl (C=O) groups is 1. The third-order valence-electron chi connectivity index (χ3n) is 5.66. The minimum Gasteiger partial charge on any atom is -0.340 e. The Bertz CT molecular complexity index is 1010. The van der Waals surface area contributed by atoms with E-state index in [-0.39, 0.29) is 11.7 Å². The molecule has 2 heterocycles. The van der Waals surface area contributed by atoms with Crippen LogP contribution in [0.25, 0.3) is 11.4 Å². The number of halogens is 1. The second-order valence-corrected chi connectivity index (χ2v) is 8.25. The van der Waals surface area contributed by atoms with Gasteiger partial charge in [-0.25, -0.2) is 4.39 Å². The fraction of sp³-hybridized carbons (Fsp3) is 0.375. The number of amides is 1. The quantitative estimate of drug-likeness (QED) is 0.603. The number of piperazine rings is 1. The number of aromatic nitrogens is 2. The SMILES string of the molecule is CC(C)c1ccc(-c2noc(CN3CCN(C(=O)Cc4ccc(F)cc4)CC3)n2)cc1. The van der Waals surface area contributed by atoms with E-state index in [1.54, 1.807) is 12.1 Å². The highest BCUT2D eigenvalue weighted by molar-refractivity contribution is 5.78. The second kappa shape index (κ2) is 9.39. The molecule has 1 saturated heterocycles. The van der Waals surface area contributed by atoms with Gasteiger partial charge in [-0.3, -0.25) is 9.69 Å². The van der Waals surface area contributed by atoms with Crippen molar-refractivity contribution in [3.8, 4) is 11.4 Å². The predicted molar refractivity (Wildman–Crippen MR) is 116 cm³/mol. The molecule has 0 bridgehead atoms. The summed E-state index contributed by atoms with van der Waals surface area (Å²) in [5.41, 5.74) is 3.04. The van der Waals surface area contributed by atoms with Crippen molar-refractivity contribution in [3.63, 3.8) is 0 Å². The summed E-state index contributed by atoms with van der Waals surface area (Å²) in [4.78, 5) is 21.1. The molecule has 162 valence electrons. The van der Waals surface area contributed by atoms with E-state index in [1.807, 2.05) is 17.0 Å². The highest BCUT2D eigenvalue weighted by Crippen LogP contribution is 2.21. The van der Waals surface area contributed by atoms with Crippen LogP contribution in [0.15, 0.2) is 53.1 Å². The van der Waals surface area contributed by atoms with Crippen molar-refractivity contribution in [3.05, 3.63) is 71.4 Å². The van der Waals surface area contributed by atoms with E-state index in [4.69, 9.17) is 4.52 Å². The van der Waals surface area contributed by atoms with Crippen LogP contribution < -0.4 is 0 Å². The van der Waals surface area contributed by atoms with Gasteiger partial charge in [0.25, 0.3) is 0 Å². The summed E-state index contributed by atoms with van der Waals surface area (Å²) in [6.45, 7) is 7.69. The number of carbonyl (C=O) groups excluding carboxylic acids is 1. The maximum Gasteiger partial charge on any atom is 0.241 e. The minimum atomic E-state index is -0.290. The van der Waals surface area contributed by atoms with Gasteiger partial charge in [0, 0.05) is 31.7 Å². The van der Waals surface area contributed by atoms with Crippen molar-refractivity contribution in [1.29, 1.82) is 0 Å². The van der Waals surface area contributed by atoms with Crippen LogP contribution in [0.2, 0.25) is 0 Å². The van der Waals surface area contributed by atoms with Crippen LogP contribution in [0.4, 0.5) is 4.39 Å². The molecular formula is C24H27FN4O2. The Hall–Kier alpha value is -3.06. The molecule has 0 saturated carbocycles. The Kier molecular flexibility index (Phi) is 6.42. The van der Waals surface area contributed by atoms with Crippen LogP contribution in [0.1, 0.15) is 36.8 Å². The fourth-order valence-corrected chi connectivity index (χ4v) is 3.69. The first-order valence-corrected chi connectivity index (χ1v) is 10.7. The number of benzene rings is 2. The van der Waals surface area contributed by atoms with Crippen LogP contribution in [0, 0.1) is 5.82 Å². The summed E-state index contributed by atoms with van der Waals surface area (Å²) in [7, 11) is 0. The molecule has 1 fully saturated rings. The first-order valence-electron chi connectivity index (χ1n) is 10.7. The molecule has 0 N–H and O–H groups in total. The molecular weight excluding hydrogens is 395 g/mol. The standard InChI is InChI=1S/C24H27FN4O2/c1-17(2)19-5-7-20(8-6-19)24-26-22(31-27-24)16-28-11-13-29(14-12-28)23(30)15-18-3-9-21(25)10-4-18/h3-10,17H,11-16H2,1-2H3. The maximum absolute atomic E-state index is 13.0.